The van der Waals surface area contributed by atoms with Crippen LogP contribution in [0.3, 0.4) is 0 Å². The van der Waals surface area contributed by atoms with Crippen molar-refractivity contribution in [2.75, 3.05) is 38.0 Å². The fourth-order valence-corrected chi connectivity index (χ4v) is 5.21. The van der Waals surface area contributed by atoms with Crippen molar-refractivity contribution in [2.24, 2.45) is 0 Å². The molecule has 4 rings (SSSR count). The van der Waals surface area contributed by atoms with Crippen LogP contribution in [0.1, 0.15) is 58.6 Å². The number of hydrogen-bond donors (Lipinski definition) is 3. The van der Waals surface area contributed by atoms with Crippen LogP contribution in [0.15, 0.2) is 40.1 Å². The Balaban J connectivity index is 1.59. The lowest BCUT2D eigenvalue weighted by atomic mass is 10.1. The first kappa shape index (κ1) is 31.4. The van der Waals surface area contributed by atoms with E-state index in [1.165, 1.54) is 0 Å². The third kappa shape index (κ3) is 8.50. The van der Waals surface area contributed by atoms with Crippen LogP contribution in [0, 0.1) is 18.3 Å². The Labute approximate surface area is 251 Å². The molecule has 2 aliphatic rings. The summed E-state index contributed by atoms with van der Waals surface area (Å²) in [6.45, 7) is 8.36. The standard InChI is InChI=1S/C31H40N6O6/c1-20-15-21-16-22(10-11-25(21)42-20)34-28(23(17-32)29(40)33-18-27(39)43-31(2,3)4)35-24-9-5-6-14-37(30(24)41)19-26(38)36-12-7-8-13-36/h10-11,15-16,24,34-35H,5-9,12-14,18-19H2,1-4H3,(H,33,40)/b28-23-/t24-/m0/s1. The van der Waals surface area contributed by atoms with Gasteiger partial charge < -0.3 is 34.9 Å². The van der Waals surface area contributed by atoms with E-state index in [4.69, 9.17) is 9.15 Å². The van der Waals surface area contributed by atoms with Crippen LogP contribution >= 0.6 is 0 Å². The monoisotopic (exact) mass is 592 g/mol. The van der Waals surface area contributed by atoms with Crippen molar-refractivity contribution in [3.63, 3.8) is 0 Å². The molecule has 230 valence electrons. The third-order valence-electron chi connectivity index (χ3n) is 7.20. The Morgan fingerprint density at radius 2 is 1.81 bits per heavy atom. The minimum absolute atomic E-state index is 0.00910. The van der Waals surface area contributed by atoms with Crippen molar-refractivity contribution < 1.29 is 28.3 Å². The van der Waals surface area contributed by atoms with E-state index in [-0.39, 0.29) is 29.8 Å². The zero-order chi connectivity index (χ0) is 31.1. The number of likely N-dealkylation sites (tertiary alicyclic amines) is 2. The number of esters is 1. The summed E-state index contributed by atoms with van der Waals surface area (Å²) in [6, 6.07) is 8.29. The predicted octanol–water partition coefficient (Wildman–Crippen LogP) is 2.94. The average molecular weight is 593 g/mol. The number of benzene rings is 1. The van der Waals surface area contributed by atoms with Gasteiger partial charge in [-0.25, -0.2) is 0 Å². The molecule has 2 aliphatic heterocycles. The van der Waals surface area contributed by atoms with Crippen LogP contribution in [0.5, 0.6) is 0 Å². The molecule has 2 aromatic rings. The van der Waals surface area contributed by atoms with Crippen LogP contribution in [-0.2, 0) is 23.9 Å². The van der Waals surface area contributed by atoms with E-state index in [9.17, 15) is 24.4 Å². The summed E-state index contributed by atoms with van der Waals surface area (Å²) in [5, 5.41) is 19.6. The molecule has 0 radical (unpaired) electrons. The molecule has 0 saturated carbocycles. The molecule has 1 aromatic heterocycles. The van der Waals surface area contributed by atoms with Crippen LogP contribution < -0.4 is 16.0 Å². The molecule has 43 heavy (non-hydrogen) atoms. The molecule has 2 saturated heterocycles. The second kappa shape index (κ2) is 13.6. The SMILES string of the molecule is Cc1cc2cc(N/C(N[C@H]3CCCCN(CC(=O)N4CCCC4)C3=O)=C(\C#N)C(=O)NCC(=O)OC(C)(C)C)ccc2o1. The van der Waals surface area contributed by atoms with Crippen molar-refractivity contribution in [1.29, 1.82) is 5.26 Å². The molecular formula is C31H40N6O6. The van der Waals surface area contributed by atoms with Crippen LogP contribution in [-0.4, -0.2) is 77.9 Å². The highest BCUT2D eigenvalue weighted by atomic mass is 16.6. The van der Waals surface area contributed by atoms with E-state index in [1.54, 1.807) is 48.8 Å². The van der Waals surface area contributed by atoms with Gasteiger partial charge in [-0.15, -0.1) is 0 Å². The fraction of sp³-hybridized carbons (Fsp3) is 0.516. The van der Waals surface area contributed by atoms with Crippen molar-refractivity contribution >= 4 is 40.3 Å². The summed E-state index contributed by atoms with van der Waals surface area (Å²) in [5.74, 6) is -1.09. The maximum Gasteiger partial charge on any atom is 0.325 e. The topological polar surface area (TPSA) is 157 Å². The number of fused-ring (bicyclic) bond motifs is 1. The van der Waals surface area contributed by atoms with Gasteiger partial charge in [0.2, 0.25) is 11.8 Å². The number of ether oxygens (including phenoxy) is 1. The van der Waals surface area contributed by atoms with Gasteiger partial charge in [-0.2, -0.15) is 5.26 Å². The van der Waals surface area contributed by atoms with Crippen LogP contribution in [0.4, 0.5) is 5.69 Å². The lowest BCUT2D eigenvalue weighted by Crippen LogP contribution is -2.49. The van der Waals surface area contributed by atoms with E-state index < -0.39 is 30.1 Å². The quantitative estimate of drug-likeness (QED) is 0.226. The van der Waals surface area contributed by atoms with Crippen molar-refractivity contribution in [3.05, 3.63) is 41.4 Å². The summed E-state index contributed by atoms with van der Waals surface area (Å²) in [4.78, 5) is 55.3. The van der Waals surface area contributed by atoms with Gasteiger partial charge in [-0.1, -0.05) is 0 Å². The van der Waals surface area contributed by atoms with Gasteiger partial charge in [0.05, 0.1) is 6.54 Å². The average Bonchev–Trinajstić information content (AvgIpc) is 3.57. The van der Waals surface area contributed by atoms with Gasteiger partial charge in [0, 0.05) is 30.7 Å². The van der Waals surface area contributed by atoms with Crippen molar-refractivity contribution in [3.8, 4) is 6.07 Å². The first-order chi connectivity index (χ1) is 20.4. The molecule has 3 amide bonds. The van der Waals surface area contributed by atoms with E-state index in [2.05, 4.69) is 16.0 Å². The molecule has 0 spiro atoms. The number of aryl methyl sites for hydroxylation is 1. The molecule has 0 unspecified atom stereocenters. The Morgan fingerprint density at radius 3 is 2.51 bits per heavy atom. The van der Waals surface area contributed by atoms with Gasteiger partial charge in [-0.05, 0) is 84.1 Å². The zero-order valence-electron chi connectivity index (χ0n) is 25.2. The second-order valence-electron chi connectivity index (χ2n) is 11.9. The highest BCUT2D eigenvalue weighted by Gasteiger charge is 2.32. The Kier molecular flexibility index (Phi) is 9.95. The number of nitrogens with one attached hydrogen (secondary N) is 3. The molecule has 1 aromatic carbocycles. The molecule has 2 fully saturated rings. The van der Waals surface area contributed by atoms with Gasteiger partial charge in [0.25, 0.3) is 5.91 Å². The Morgan fingerprint density at radius 1 is 1.09 bits per heavy atom. The lowest BCUT2D eigenvalue weighted by Gasteiger charge is -2.28. The number of nitrogens with zero attached hydrogens (tertiary/aromatic N) is 3. The molecule has 1 atom stereocenters. The van der Waals surface area contributed by atoms with Crippen molar-refractivity contribution in [2.45, 2.75) is 71.4 Å². The first-order valence-corrected chi connectivity index (χ1v) is 14.7. The highest BCUT2D eigenvalue weighted by Crippen LogP contribution is 2.24. The van der Waals surface area contributed by atoms with Gasteiger partial charge in [0.15, 0.2) is 5.57 Å². The number of rotatable bonds is 9. The molecule has 0 bridgehead atoms. The minimum Gasteiger partial charge on any atom is -0.461 e. The maximum absolute atomic E-state index is 13.7. The van der Waals surface area contributed by atoms with Crippen molar-refractivity contribution in [1.82, 2.24) is 20.4 Å². The van der Waals surface area contributed by atoms with Gasteiger partial charge in [0.1, 0.15) is 41.4 Å². The molecule has 3 N–H and O–H groups in total. The summed E-state index contributed by atoms with van der Waals surface area (Å²) in [5.41, 5.74) is 0.138. The van der Waals surface area contributed by atoms with Crippen LogP contribution in [0.2, 0.25) is 0 Å². The smallest absolute Gasteiger partial charge is 0.325 e. The summed E-state index contributed by atoms with van der Waals surface area (Å²) in [7, 11) is 0. The highest BCUT2D eigenvalue weighted by molar-refractivity contribution is 6.00. The first-order valence-electron chi connectivity index (χ1n) is 14.7. The second-order valence-corrected chi connectivity index (χ2v) is 11.9. The third-order valence-corrected chi connectivity index (χ3v) is 7.20. The fourth-order valence-electron chi connectivity index (χ4n) is 5.21. The largest absolute Gasteiger partial charge is 0.461 e. The predicted molar refractivity (Wildman–Crippen MR) is 159 cm³/mol. The molecule has 0 aliphatic carbocycles. The number of amides is 3. The van der Waals surface area contributed by atoms with Gasteiger partial charge in [-0.3, -0.25) is 19.2 Å². The van der Waals surface area contributed by atoms with E-state index >= 15 is 0 Å². The number of carbonyl (C=O) groups excluding carboxylic acids is 4. The summed E-state index contributed by atoms with van der Waals surface area (Å²) >= 11 is 0. The summed E-state index contributed by atoms with van der Waals surface area (Å²) in [6.07, 6.45) is 3.79. The maximum atomic E-state index is 13.7. The number of carbonyl (C=O) groups is 4. The molecular weight excluding hydrogens is 552 g/mol. The Bertz CT molecular complexity index is 1440. The molecule has 12 nitrogen and oxygen atoms in total. The number of furan rings is 1. The summed E-state index contributed by atoms with van der Waals surface area (Å²) < 4.78 is 10.9. The van der Waals surface area contributed by atoms with E-state index in [0.717, 1.165) is 30.4 Å². The minimum atomic E-state index is -0.814. The zero-order valence-corrected chi connectivity index (χ0v) is 25.2. The molecule has 12 heteroatoms. The number of nitriles is 1. The lowest BCUT2D eigenvalue weighted by molar-refractivity contribution is -0.154. The Hall–Kier alpha value is -4.53. The van der Waals surface area contributed by atoms with E-state index in [0.29, 0.717) is 43.7 Å². The number of anilines is 1. The normalized spacial score (nSPS) is 18.0. The van der Waals surface area contributed by atoms with E-state index in [1.807, 2.05) is 19.1 Å². The van der Waals surface area contributed by atoms with Crippen LogP contribution in [0.25, 0.3) is 11.0 Å². The number of hydrogen-bond acceptors (Lipinski definition) is 9. The van der Waals surface area contributed by atoms with Gasteiger partial charge >= 0.3 is 5.97 Å². The molecule has 3 heterocycles.